The second-order valence-electron chi connectivity index (χ2n) is 5.54. The van der Waals surface area contributed by atoms with Crippen molar-refractivity contribution in [2.24, 2.45) is 0 Å². The van der Waals surface area contributed by atoms with Crippen LogP contribution in [0.2, 0.25) is 5.02 Å². The van der Waals surface area contributed by atoms with E-state index < -0.39 is 11.0 Å². The zero-order chi connectivity index (χ0) is 18.8. The summed E-state index contributed by atoms with van der Waals surface area (Å²) in [6.45, 7) is 1.47. The lowest BCUT2D eigenvalue weighted by Crippen LogP contribution is -2.27. The van der Waals surface area contributed by atoms with Crippen molar-refractivity contribution < 1.29 is 24.0 Å². The highest BCUT2D eigenvalue weighted by atomic mass is 35.5. The first-order valence-corrected chi connectivity index (χ1v) is 7.94. The van der Waals surface area contributed by atoms with Crippen LogP contribution in [0.1, 0.15) is 17.3 Å². The van der Waals surface area contributed by atoms with Crippen LogP contribution >= 0.6 is 11.6 Å². The Hall–Kier alpha value is -3.13. The molecule has 0 bridgehead atoms. The number of rotatable bonds is 5. The van der Waals surface area contributed by atoms with Crippen molar-refractivity contribution in [2.75, 3.05) is 11.9 Å². The molecule has 1 aliphatic rings. The van der Waals surface area contributed by atoms with Gasteiger partial charge in [-0.05, 0) is 31.2 Å². The minimum atomic E-state index is -0.896. The normalized spacial score (nSPS) is 13.8. The number of amides is 1. The van der Waals surface area contributed by atoms with Gasteiger partial charge in [-0.3, -0.25) is 19.7 Å². The van der Waals surface area contributed by atoms with Crippen LogP contribution in [0.5, 0.6) is 11.5 Å². The second kappa shape index (κ2) is 7.01. The Morgan fingerprint density at radius 1 is 1.35 bits per heavy atom. The second-order valence-corrected chi connectivity index (χ2v) is 5.95. The van der Waals surface area contributed by atoms with Crippen LogP contribution in [0.3, 0.4) is 0 Å². The Morgan fingerprint density at radius 3 is 2.81 bits per heavy atom. The Labute approximate surface area is 152 Å². The summed E-state index contributed by atoms with van der Waals surface area (Å²) in [4.78, 5) is 34.1. The SMILES string of the molecule is CC(Oc1ccc([N+](=O)[O-])cc1Cl)C(=O)c1ccc2c(c1)NC(=O)CO2. The van der Waals surface area contributed by atoms with Gasteiger partial charge in [0.05, 0.1) is 15.6 Å². The van der Waals surface area contributed by atoms with Crippen LogP contribution in [0.25, 0.3) is 0 Å². The standard InChI is InChI=1S/C17H13ClN2O6/c1-9(26-14-5-3-11(20(23)24)7-12(14)18)17(22)10-2-4-15-13(6-10)19-16(21)8-25-15/h2-7,9H,8H2,1H3,(H,19,21). The molecule has 2 aromatic rings. The van der Waals surface area contributed by atoms with Crippen LogP contribution in [-0.2, 0) is 4.79 Å². The van der Waals surface area contributed by atoms with Gasteiger partial charge in [0.25, 0.3) is 11.6 Å². The van der Waals surface area contributed by atoms with Crippen molar-refractivity contribution in [3.05, 3.63) is 57.1 Å². The molecule has 8 nitrogen and oxygen atoms in total. The van der Waals surface area contributed by atoms with Gasteiger partial charge in [-0.25, -0.2) is 0 Å². The first-order chi connectivity index (χ1) is 12.3. The molecule has 3 rings (SSSR count). The highest BCUT2D eigenvalue weighted by Gasteiger charge is 2.22. The summed E-state index contributed by atoms with van der Waals surface area (Å²) in [5.74, 6) is -0.00746. The number of fused-ring (bicyclic) bond motifs is 1. The lowest BCUT2D eigenvalue weighted by atomic mass is 10.1. The molecule has 0 saturated carbocycles. The number of hydrogen-bond donors (Lipinski definition) is 1. The number of ketones is 1. The third kappa shape index (κ3) is 3.60. The molecule has 0 radical (unpaired) electrons. The molecule has 0 spiro atoms. The zero-order valence-corrected chi connectivity index (χ0v) is 14.3. The van der Waals surface area contributed by atoms with Gasteiger partial charge in [0, 0.05) is 17.7 Å². The highest BCUT2D eigenvalue weighted by Crippen LogP contribution is 2.31. The Bertz CT molecular complexity index is 914. The Morgan fingerprint density at radius 2 is 2.12 bits per heavy atom. The minimum absolute atomic E-state index is 0.0324. The molecule has 26 heavy (non-hydrogen) atoms. The van der Waals surface area contributed by atoms with Crippen LogP contribution in [-0.4, -0.2) is 29.3 Å². The number of anilines is 1. The predicted molar refractivity (Wildman–Crippen MR) is 93.1 cm³/mol. The fourth-order valence-corrected chi connectivity index (χ4v) is 2.63. The summed E-state index contributed by atoms with van der Waals surface area (Å²) in [7, 11) is 0. The van der Waals surface area contributed by atoms with Gasteiger partial charge < -0.3 is 14.8 Å². The van der Waals surface area contributed by atoms with Crippen molar-refractivity contribution in [3.63, 3.8) is 0 Å². The maximum Gasteiger partial charge on any atom is 0.271 e. The third-order valence-corrected chi connectivity index (χ3v) is 3.99. The van der Waals surface area contributed by atoms with E-state index >= 15 is 0 Å². The number of nitro benzene ring substituents is 1. The lowest BCUT2D eigenvalue weighted by Gasteiger charge is -2.19. The zero-order valence-electron chi connectivity index (χ0n) is 13.5. The number of non-ortho nitro benzene ring substituents is 1. The fraction of sp³-hybridized carbons (Fsp3) is 0.176. The van der Waals surface area contributed by atoms with E-state index in [1.54, 1.807) is 12.1 Å². The molecule has 0 saturated heterocycles. The fourth-order valence-electron chi connectivity index (χ4n) is 2.41. The number of Topliss-reactive ketones (excluding diaryl/α,β-unsaturated/α-hetero) is 1. The van der Waals surface area contributed by atoms with Gasteiger partial charge in [-0.15, -0.1) is 0 Å². The van der Waals surface area contributed by atoms with Crippen LogP contribution < -0.4 is 14.8 Å². The molecule has 0 aromatic heterocycles. The van der Waals surface area contributed by atoms with Gasteiger partial charge in [0.1, 0.15) is 11.5 Å². The number of hydrogen-bond acceptors (Lipinski definition) is 6. The molecule has 1 heterocycles. The van der Waals surface area contributed by atoms with E-state index in [-0.39, 0.29) is 34.8 Å². The quantitative estimate of drug-likeness (QED) is 0.487. The van der Waals surface area contributed by atoms with E-state index in [0.717, 1.165) is 6.07 Å². The maximum atomic E-state index is 12.6. The Balaban J connectivity index is 1.77. The molecule has 0 aliphatic carbocycles. The molecule has 1 aliphatic heterocycles. The monoisotopic (exact) mass is 376 g/mol. The molecular formula is C17H13ClN2O6. The summed E-state index contributed by atoms with van der Waals surface area (Å²) in [6, 6.07) is 8.39. The molecular weight excluding hydrogens is 364 g/mol. The van der Waals surface area contributed by atoms with Crippen molar-refractivity contribution in [1.82, 2.24) is 0 Å². The lowest BCUT2D eigenvalue weighted by molar-refractivity contribution is -0.384. The number of nitrogens with zero attached hydrogens (tertiary/aromatic N) is 1. The largest absolute Gasteiger partial charge is 0.482 e. The van der Waals surface area contributed by atoms with Crippen molar-refractivity contribution in [2.45, 2.75) is 13.0 Å². The van der Waals surface area contributed by atoms with Gasteiger partial charge in [0.15, 0.2) is 12.7 Å². The summed E-state index contributed by atoms with van der Waals surface area (Å²) < 4.78 is 10.8. The molecule has 134 valence electrons. The summed E-state index contributed by atoms with van der Waals surface area (Å²) in [5, 5.41) is 13.4. The first-order valence-electron chi connectivity index (χ1n) is 7.56. The van der Waals surface area contributed by atoms with Crippen molar-refractivity contribution in [1.29, 1.82) is 0 Å². The molecule has 2 aromatic carbocycles. The number of ether oxygens (including phenoxy) is 2. The highest BCUT2D eigenvalue weighted by molar-refractivity contribution is 6.32. The number of nitro groups is 1. The van der Waals surface area contributed by atoms with E-state index in [1.165, 1.54) is 25.1 Å². The van der Waals surface area contributed by atoms with Crippen LogP contribution in [0, 0.1) is 10.1 Å². The van der Waals surface area contributed by atoms with Crippen LogP contribution in [0.4, 0.5) is 11.4 Å². The van der Waals surface area contributed by atoms with Crippen LogP contribution in [0.15, 0.2) is 36.4 Å². The molecule has 1 amide bonds. The third-order valence-electron chi connectivity index (χ3n) is 3.70. The number of carbonyl (C=O) groups is 2. The first kappa shape index (κ1) is 17.7. The summed E-state index contributed by atoms with van der Waals surface area (Å²) in [6.07, 6.45) is -0.896. The van der Waals surface area contributed by atoms with E-state index in [9.17, 15) is 19.7 Å². The topological polar surface area (TPSA) is 108 Å². The molecule has 0 fully saturated rings. The molecule has 9 heteroatoms. The van der Waals surface area contributed by atoms with Gasteiger partial charge in [-0.1, -0.05) is 11.6 Å². The average Bonchev–Trinajstić information content (AvgIpc) is 2.61. The van der Waals surface area contributed by atoms with Gasteiger partial charge in [-0.2, -0.15) is 0 Å². The average molecular weight is 377 g/mol. The van der Waals surface area contributed by atoms with E-state index in [0.29, 0.717) is 17.0 Å². The summed E-state index contributed by atoms with van der Waals surface area (Å²) in [5.41, 5.74) is 0.555. The predicted octanol–water partition coefficient (Wildman–Crippen LogP) is 3.23. The number of halogens is 1. The minimum Gasteiger partial charge on any atom is -0.482 e. The Kier molecular flexibility index (Phi) is 4.77. The van der Waals surface area contributed by atoms with Gasteiger partial charge >= 0.3 is 0 Å². The number of nitrogens with one attached hydrogen (secondary N) is 1. The summed E-state index contributed by atoms with van der Waals surface area (Å²) >= 11 is 5.97. The number of benzene rings is 2. The molecule has 1 atom stereocenters. The van der Waals surface area contributed by atoms with E-state index in [4.69, 9.17) is 21.1 Å². The van der Waals surface area contributed by atoms with E-state index in [1.807, 2.05) is 0 Å². The van der Waals surface area contributed by atoms with Gasteiger partial charge in [0.2, 0.25) is 5.78 Å². The smallest absolute Gasteiger partial charge is 0.271 e. The molecule has 1 unspecified atom stereocenters. The van der Waals surface area contributed by atoms with Crippen molar-refractivity contribution >= 4 is 34.7 Å². The molecule has 1 N–H and O–H groups in total. The van der Waals surface area contributed by atoms with E-state index in [2.05, 4.69) is 5.32 Å². The van der Waals surface area contributed by atoms with Crippen molar-refractivity contribution in [3.8, 4) is 11.5 Å². The maximum absolute atomic E-state index is 12.6. The number of carbonyl (C=O) groups excluding carboxylic acids is 2.